The number of unbranched alkanes of at least 4 members (excludes halogenated alkanes) is 26. The van der Waals surface area contributed by atoms with E-state index in [9.17, 15) is 14.7 Å². The lowest BCUT2D eigenvalue weighted by molar-refractivity contribution is -0.138. The minimum absolute atomic E-state index is 0.0886. The van der Waals surface area contributed by atoms with Gasteiger partial charge >= 0.3 is 11.9 Å². The van der Waals surface area contributed by atoms with Gasteiger partial charge in [0.15, 0.2) is 0 Å². The number of aliphatic hydroxyl groups excluding tert-OH is 1. The number of hydrogen-bond donors (Lipinski definition) is 3. The highest BCUT2D eigenvalue weighted by Gasteiger charge is 2.04. The van der Waals surface area contributed by atoms with E-state index in [0.717, 1.165) is 38.5 Å². The van der Waals surface area contributed by atoms with Gasteiger partial charge < -0.3 is 15.3 Å². The van der Waals surface area contributed by atoms with Crippen LogP contribution in [0, 0.1) is 0 Å². The van der Waals surface area contributed by atoms with Crippen molar-refractivity contribution < 1.29 is 24.9 Å². The lowest BCUT2D eigenvalue weighted by Crippen LogP contribution is -2.05. The third-order valence-corrected chi connectivity index (χ3v) is 8.36. The van der Waals surface area contributed by atoms with Gasteiger partial charge in [0.05, 0.1) is 6.10 Å². The monoisotopic (exact) mass is 569 g/mol. The minimum Gasteiger partial charge on any atom is -0.481 e. The molecule has 0 heterocycles. The van der Waals surface area contributed by atoms with Crippen LogP contribution in [0.2, 0.25) is 0 Å². The molecule has 0 saturated carbocycles. The maximum atomic E-state index is 10.5. The maximum Gasteiger partial charge on any atom is 0.303 e. The zero-order valence-electron chi connectivity index (χ0n) is 26.4. The lowest BCUT2D eigenvalue weighted by Gasteiger charge is -2.10. The van der Waals surface area contributed by atoms with Gasteiger partial charge in [-0.05, 0) is 25.7 Å². The summed E-state index contributed by atoms with van der Waals surface area (Å²) in [7, 11) is 0. The molecule has 3 N–H and O–H groups in total. The summed E-state index contributed by atoms with van der Waals surface area (Å²) in [5.41, 5.74) is 0. The first-order chi connectivity index (χ1) is 19.5. The Labute approximate surface area is 248 Å². The molecule has 0 spiro atoms. The summed E-state index contributed by atoms with van der Waals surface area (Å²) in [6, 6.07) is 0. The summed E-state index contributed by atoms with van der Waals surface area (Å²) in [6.45, 7) is 0. The Morgan fingerprint density at radius 1 is 0.325 bits per heavy atom. The maximum absolute atomic E-state index is 10.5. The molecular weight excluding hydrogens is 500 g/mol. The van der Waals surface area contributed by atoms with Crippen molar-refractivity contribution in [1.29, 1.82) is 0 Å². The van der Waals surface area contributed by atoms with Gasteiger partial charge in [-0.25, -0.2) is 0 Å². The standard InChI is InChI=1S/C35H68O5/c36-33(29-25-21-17-13-9-5-1-3-7-11-15-19-23-27-31-34(37)38)30-26-22-18-14-10-6-2-4-8-12-16-20-24-28-32-35(39)40/h33,36H,1-32H2,(H,37,38)(H,39,40). The molecule has 5 heteroatoms. The first-order valence-corrected chi connectivity index (χ1v) is 17.6. The molecule has 0 saturated heterocycles. The second-order valence-corrected chi connectivity index (χ2v) is 12.4. The average Bonchev–Trinajstić information content (AvgIpc) is 2.92. The Kier molecular flexibility index (Phi) is 31.5. The fourth-order valence-electron chi connectivity index (χ4n) is 5.70. The summed E-state index contributed by atoms with van der Waals surface area (Å²) >= 11 is 0. The SMILES string of the molecule is O=C(O)CCCCCCCCCCCCCCCCC(O)CCCCCCCCCCCCCCCCC(=O)O. The van der Waals surface area contributed by atoms with Crippen LogP contribution in [0.5, 0.6) is 0 Å². The molecule has 238 valence electrons. The van der Waals surface area contributed by atoms with Gasteiger partial charge in [0.25, 0.3) is 0 Å². The fraction of sp³-hybridized carbons (Fsp3) is 0.943. The Bertz CT molecular complexity index is 490. The van der Waals surface area contributed by atoms with Crippen molar-refractivity contribution in [3.8, 4) is 0 Å². The van der Waals surface area contributed by atoms with Crippen molar-refractivity contribution >= 4 is 11.9 Å². The van der Waals surface area contributed by atoms with Crippen LogP contribution in [0.1, 0.15) is 205 Å². The third kappa shape index (κ3) is 34.9. The Morgan fingerprint density at radius 2 is 0.500 bits per heavy atom. The van der Waals surface area contributed by atoms with Crippen LogP contribution >= 0.6 is 0 Å². The summed E-state index contributed by atoms with van der Waals surface area (Å²) in [6.07, 6.45) is 37.6. The largest absolute Gasteiger partial charge is 0.481 e. The highest BCUT2D eigenvalue weighted by atomic mass is 16.4. The molecule has 0 fully saturated rings. The molecule has 0 aliphatic heterocycles. The predicted molar refractivity (Wildman–Crippen MR) is 169 cm³/mol. The van der Waals surface area contributed by atoms with E-state index in [1.54, 1.807) is 0 Å². The topological polar surface area (TPSA) is 94.8 Å². The van der Waals surface area contributed by atoms with Gasteiger partial charge in [0, 0.05) is 12.8 Å². The van der Waals surface area contributed by atoms with Crippen molar-refractivity contribution in [2.45, 2.75) is 212 Å². The van der Waals surface area contributed by atoms with Crippen LogP contribution in [0.15, 0.2) is 0 Å². The fourth-order valence-corrected chi connectivity index (χ4v) is 5.70. The Morgan fingerprint density at radius 3 is 0.700 bits per heavy atom. The number of aliphatic hydroxyl groups is 1. The molecule has 0 aromatic rings. The number of carbonyl (C=O) groups is 2. The molecule has 0 bridgehead atoms. The van der Waals surface area contributed by atoms with Crippen LogP contribution in [-0.4, -0.2) is 33.4 Å². The van der Waals surface area contributed by atoms with Crippen molar-refractivity contribution in [2.75, 3.05) is 0 Å². The van der Waals surface area contributed by atoms with Crippen LogP contribution in [0.25, 0.3) is 0 Å². The van der Waals surface area contributed by atoms with Crippen molar-refractivity contribution in [2.24, 2.45) is 0 Å². The van der Waals surface area contributed by atoms with Gasteiger partial charge in [0.1, 0.15) is 0 Å². The molecule has 0 aromatic carbocycles. The molecule has 0 radical (unpaired) electrons. The first-order valence-electron chi connectivity index (χ1n) is 17.6. The van der Waals surface area contributed by atoms with Crippen LogP contribution in [0.3, 0.4) is 0 Å². The molecule has 5 nitrogen and oxygen atoms in total. The summed E-state index contributed by atoms with van der Waals surface area (Å²) < 4.78 is 0. The van der Waals surface area contributed by atoms with Gasteiger partial charge in [-0.15, -0.1) is 0 Å². The predicted octanol–water partition coefficient (Wildman–Crippen LogP) is 11.0. The number of carboxylic acids is 2. The molecule has 0 aromatic heterocycles. The molecule has 0 aliphatic carbocycles. The zero-order chi connectivity index (χ0) is 29.4. The third-order valence-electron chi connectivity index (χ3n) is 8.36. The van der Waals surface area contributed by atoms with Crippen LogP contribution in [-0.2, 0) is 9.59 Å². The first kappa shape index (κ1) is 38.9. The molecule has 0 aliphatic rings. The lowest BCUT2D eigenvalue weighted by atomic mass is 10.0. The van der Waals surface area contributed by atoms with E-state index in [0.29, 0.717) is 12.8 Å². The van der Waals surface area contributed by atoms with Crippen molar-refractivity contribution in [3.05, 3.63) is 0 Å². The number of carboxylic acid groups (broad SMARTS) is 2. The molecule has 0 rings (SSSR count). The van der Waals surface area contributed by atoms with E-state index in [1.807, 2.05) is 0 Å². The van der Waals surface area contributed by atoms with E-state index in [1.165, 1.54) is 154 Å². The Hall–Kier alpha value is -1.10. The molecule has 40 heavy (non-hydrogen) atoms. The van der Waals surface area contributed by atoms with Crippen LogP contribution in [0.4, 0.5) is 0 Å². The van der Waals surface area contributed by atoms with E-state index in [4.69, 9.17) is 10.2 Å². The number of hydrogen-bond acceptors (Lipinski definition) is 3. The van der Waals surface area contributed by atoms with Gasteiger partial charge in [-0.2, -0.15) is 0 Å². The smallest absolute Gasteiger partial charge is 0.303 e. The number of rotatable bonds is 34. The quantitative estimate of drug-likeness (QED) is 0.0671. The van der Waals surface area contributed by atoms with Crippen molar-refractivity contribution in [1.82, 2.24) is 0 Å². The van der Waals surface area contributed by atoms with E-state index in [-0.39, 0.29) is 6.10 Å². The zero-order valence-corrected chi connectivity index (χ0v) is 26.4. The summed E-state index contributed by atoms with van der Waals surface area (Å²) in [4.78, 5) is 20.9. The Balaban J connectivity index is 3.16. The highest BCUT2D eigenvalue weighted by molar-refractivity contribution is 5.66. The van der Waals surface area contributed by atoms with E-state index >= 15 is 0 Å². The normalized spacial score (nSPS) is 11.4. The molecule has 0 amide bonds. The van der Waals surface area contributed by atoms with Gasteiger partial charge in [-0.1, -0.05) is 167 Å². The number of aliphatic carboxylic acids is 2. The summed E-state index contributed by atoms with van der Waals surface area (Å²) in [5, 5.41) is 27.5. The second kappa shape index (κ2) is 32.4. The second-order valence-electron chi connectivity index (χ2n) is 12.4. The highest BCUT2D eigenvalue weighted by Crippen LogP contribution is 2.17. The van der Waals surface area contributed by atoms with Crippen LogP contribution < -0.4 is 0 Å². The van der Waals surface area contributed by atoms with Gasteiger partial charge in [-0.3, -0.25) is 9.59 Å². The molecule has 0 atom stereocenters. The molecular formula is C35H68O5. The minimum atomic E-state index is -0.666. The average molecular weight is 569 g/mol. The van der Waals surface area contributed by atoms with Gasteiger partial charge in [0.2, 0.25) is 0 Å². The molecule has 0 unspecified atom stereocenters. The van der Waals surface area contributed by atoms with E-state index < -0.39 is 11.9 Å². The van der Waals surface area contributed by atoms with E-state index in [2.05, 4.69) is 0 Å². The summed E-state index contributed by atoms with van der Waals surface area (Å²) in [5.74, 6) is -1.33. The van der Waals surface area contributed by atoms with Crippen molar-refractivity contribution in [3.63, 3.8) is 0 Å².